The molecule has 1 aromatic heterocycles. The molecule has 0 spiro atoms. The van der Waals surface area contributed by atoms with Crippen LogP contribution >= 0.6 is 0 Å². The van der Waals surface area contributed by atoms with Crippen molar-refractivity contribution in [2.24, 2.45) is 0 Å². The summed E-state index contributed by atoms with van der Waals surface area (Å²) in [4.78, 5) is 3.99. The second-order valence-electron chi connectivity index (χ2n) is 3.97. The lowest BCUT2D eigenvalue weighted by Crippen LogP contribution is -2.48. The maximum atomic E-state index is 12.0. The standard InChI is InChI=1S/C10H16N4O2S/c1-9-2-3-12-10(8-9)13-17(15,16)14-6-4-11-5-7-14/h2-3,8,11H,4-7H2,1H3,(H,12,13). The van der Waals surface area contributed by atoms with Crippen molar-refractivity contribution in [1.82, 2.24) is 14.6 Å². The van der Waals surface area contributed by atoms with E-state index in [9.17, 15) is 8.42 Å². The maximum absolute atomic E-state index is 12.0. The Morgan fingerprint density at radius 3 is 2.76 bits per heavy atom. The van der Waals surface area contributed by atoms with Crippen molar-refractivity contribution in [3.8, 4) is 0 Å². The third-order valence-electron chi connectivity index (χ3n) is 2.56. The first-order valence-electron chi connectivity index (χ1n) is 5.49. The highest BCUT2D eigenvalue weighted by atomic mass is 32.2. The van der Waals surface area contributed by atoms with Crippen LogP contribution in [0.25, 0.3) is 0 Å². The molecule has 7 heteroatoms. The number of aryl methyl sites for hydroxylation is 1. The Balaban J connectivity index is 2.11. The zero-order valence-electron chi connectivity index (χ0n) is 9.68. The number of rotatable bonds is 3. The maximum Gasteiger partial charge on any atom is 0.302 e. The van der Waals surface area contributed by atoms with Crippen molar-refractivity contribution < 1.29 is 8.42 Å². The number of hydrogen-bond donors (Lipinski definition) is 2. The number of piperazine rings is 1. The molecule has 0 aliphatic carbocycles. The van der Waals surface area contributed by atoms with Crippen LogP contribution in [0.4, 0.5) is 5.82 Å². The number of hydrogen-bond acceptors (Lipinski definition) is 4. The molecule has 0 amide bonds. The number of aromatic nitrogens is 1. The summed E-state index contributed by atoms with van der Waals surface area (Å²) >= 11 is 0. The Hall–Kier alpha value is -1.18. The first kappa shape index (κ1) is 12.3. The Morgan fingerprint density at radius 1 is 1.41 bits per heavy atom. The highest BCUT2D eigenvalue weighted by Gasteiger charge is 2.23. The molecule has 17 heavy (non-hydrogen) atoms. The first-order valence-corrected chi connectivity index (χ1v) is 6.93. The van der Waals surface area contributed by atoms with Gasteiger partial charge < -0.3 is 5.32 Å². The molecule has 1 aromatic rings. The van der Waals surface area contributed by atoms with Crippen LogP contribution < -0.4 is 10.0 Å². The number of anilines is 1. The van der Waals surface area contributed by atoms with E-state index in [4.69, 9.17) is 0 Å². The average Bonchev–Trinajstić information content (AvgIpc) is 2.29. The third kappa shape index (κ3) is 3.15. The minimum Gasteiger partial charge on any atom is -0.314 e. The fourth-order valence-corrected chi connectivity index (χ4v) is 2.84. The fourth-order valence-electron chi connectivity index (χ4n) is 1.67. The first-order chi connectivity index (χ1) is 8.08. The van der Waals surface area contributed by atoms with Gasteiger partial charge in [0.05, 0.1) is 0 Å². The highest BCUT2D eigenvalue weighted by molar-refractivity contribution is 7.90. The lowest BCUT2D eigenvalue weighted by atomic mass is 10.3. The summed E-state index contributed by atoms with van der Waals surface area (Å²) in [5, 5.41) is 3.11. The van der Waals surface area contributed by atoms with Gasteiger partial charge in [-0.1, -0.05) is 0 Å². The van der Waals surface area contributed by atoms with Crippen molar-refractivity contribution >= 4 is 16.0 Å². The Bertz CT molecular complexity index is 483. The predicted octanol–water partition coefficient (Wildman–Crippen LogP) is -0.0481. The monoisotopic (exact) mass is 256 g/mol. The highest BCUT2D eigenvalue weighted by Crippen LogP contribution is 2.10. The van der Waals surface area contributed by atoms with Crippen LogP contribution in [0.3, 0.4) is 0 Å². The van der Waals surface area contributed by atoms with E-state index in [1.165, 1.54) is 4.31 Å². The molecule has 1 aliphatic heterocycles. The van der Waals surface area contributed by atoms with Crippen molar-refractivity contribution in [2.45, 2.75) is 6.92 Å². The van der Waals surface area contributed by atoms with Gasteiger partial charge in [0, 0.05) is 32.4 Å². The molecule has 0 aromatic carbocycles. The molecule has 94 valence electrons. The van der Waals surface area contributed by atoms with Crippen LogP contribution in [0.5, 0.6) is 0 Å². The van der Waals surface area contributed by atoms with E-state index < -0.39 is 10.2 Å². The van der Waals surface area contributed by atoms with Crippen molar-refractivity contribution in [3.63, 3.8) is 0 Å². The van der Waals surface area contributed by atoms with Crippen LogP contribution in [0.15, 0.2) is 18.3 Å². The molecule has 0 radical (unpaired) electrons. The van der Waals surface area contributed by atoms with Gasteiger partial charge in [0.15, 0.2) is 0 Å². The van der Waals surface area contributed by atoms with Gasteiger partial charge in [-0.05, 0) is 24.6 Å². The Labute approximate surface area is 101 Å². The van der Waals surface area contributed by atoms with Crippen LogP contribution in [0.1, 0.15) is 5.56 Å². The summed E-state index contributed by atoms with van der Waals surface area (Å²) in [6.45, 7) is 4.23. The van der Waals surface area contributed by atoms with Gasteiger partial charge in [-0.25, -0.2) is 4.98 Å². The lowest BCUT2D eigenvalue weighted by Gasteiger charge is -2.26. The second kappa shape index (κ2) is 4.99. The zero-order chi connectivity index (χ0) is 12.3. The summed E-state index contributed by atoms with van der Waals surface area (Å²) < 4.78 is 27.9. The molecule has 0 saturated carbocycles. The van der Waals surface area contributed by atoms with Gasteiger partial charge in [-0.3, -0.25) is 4.72 Å². The molecule has 2 N–H and O–H groups in total. The van der Waals surface area contributed by atoms with E-state index >= 15 is 0 Å². The molecule has 1 fully saturated rings. The van der Waals surface area contributed by atoms with Gasteiger partial charge in [0.2, 0.25) is 0 Å². The van der Waals surface area contributed by atoms with Gasteiger partial charge in [0.25, 0.3) is 0 Å². The molecule has 2 heterocycles. The van der Waals surface area contributed by atoms with Crippen LogP contribution in [-0.4, -0.2) is 43.9 Å². The Kier molecular flexibility index (Phi) is 3.60. The fraction of sp³-hybridized carbons (Fsp3) is 0.500. The van der Waals surface area contributed by atoms with Gasteiger partial charge in [-0.2, -0.15) is 12.7 Å². The normalized spacial score (nSPS) is 17.9. The minimum atomic E-state index is -3.47. The summed E-state index contributed by atoms with van der Waals surface area (Å²) in [5.41, 5.74) is 0.970. The van der Waals surface area contributed by atoms with E-state index in [1.807, 2.05) is 13.0 Å². The molecule has 6 nitrogen and oxygen atoms in total. The summed E-state index contributed by atoms with van der Waals surface area (Å²) in [5.74, 6) is 0.364. The smallest absolute Gasteiger partial charge is 0.302 e. The van der Waals surface area contributed by atoms with E-state index in [0.29, 0.717) is 32.0 Å². The van der Waals surface area contributed by atoms with Crippen LogP contribution in [-0.2, 0) is 10.2 Å². The molecular weight excluding hydrogens is 240 g/mol. The number of nitrogens with zero attached hydrogens (tertiary/aromatic N) is 2. The molecule has 1 saturated heterocycles. The molecule has 0 unspecified atom stereocenters. The zero-order valence-corrected chi connectivity index (χ0v) is 10.5. The third-order valence-corrected chi connectivity index (χ3v) is 4.08. The predicted molar refractivity (Wildman–Crippen MR) is 66.0 cm³/mol. The van der Waals surface area contributed by atoms with Crippen molar-refractivity contribution in [2.75, 3.05) is 30.9 Å². The van der Waals surface area contributed by atoms with Crippen molar-refractivity contribution in [1.29, 1.82) is 0 Å². The number of pyridine rings is 1. The molecule has 2 rings (SSSR count). The quantitative estimate of drug-likeness (QED) is 0.795. The van der Waals surface area contributed by atoms with Crippen LogP contribution in [0.2, 0.25) is 0 Å². The van der Waals surface area contributed by atoms with Crippen LogP contribution in [0, 0.1) is 6.92 Å². The largest absolute Gasteiger partial charge is 0.314 e. The second-order valence-corrected chi connectivity index (χ2v) is 5.65. The summed E-state index contributed by atoms with van der Waals surface area (Å²) in [6, 6.07) is 3.53. The average molecular weight is 256 g/mol. The molecular formula is C10H16N4O2S. The van der Waals surface area contributed by atoms with E-state index in [0.717, 1.165) is 5.56 Å². The van der Waals surface area contributed by atoms with Crippen molar-refractivity contribution in [3.05, 3.63) is 23.9 Å². The van der Waals surface area contributed by atoms with E-state index in [1.54, 1.807) is 12.3 Å². The van der Waals surface area contributed by atoms with E-state index in [-0.39, 0.29) is 0 Å². The summed E-state index contributed by atoms with van der Waals surface area (Å²) in [7, 11) is -3.47. The molecule has 1 aliphatic rings. The molecule has 0 bridgehead atoms. The lowest BCUT2D eigenvalue weighted by molar-refractivity contribution is 0.362. The van der Waals surface area contributed by atoms with Gasteiger partial charge in [0.1, 0.15) is 5.82 Å². The minimum absolute atomic E-state index is 0.364. The number of nitrogens with one attached hydrogen (secondary N) is 2. The Morgan fingerprint density at radius 2 is 2.12 bits per heavy atom. The van der Waals surface area contributed by atoms with Gasteiger partial charge >= 0.3 is 10.2 Å². The SMILES string of the molecule is Cc1ccnc(NS(=O)(=O)N2CCNCC2)c1. The summed E-state index contributed by atoms with van der Waals surface area (Å²) in [6.07, 6.45) is 1.59. The van der Waals surface area contributed by atoms with E-state index in [2.05, 4.69) is 15.0 Å². The van der Waals surface area contributed by atoms with Gasteiger partial charge in [-0.15, -0.1) is 0 Å². The topological polar surface area (TPSA) is 74.3 Å². The molecule has 0 atom stereocenters.